The third-order valence-electron chi connectivity index (χ3n) is 3.25. The van der Waals surface area contributed by atoms with Gasteiger partial charge in [-0.3, -0.25) is 0 Å². The second-order valence-corrected chi connectivity index (χ2v) is 6.85. The van der Waals surface area contributed by atoms with Crippen LogP contribution < -0.4 is 10.5 Å². The average molecular weight is 325 g/mol. The van der Waals surface area contributed by atoms with Crippen LogP contribution in [-0.2, 0) is 10.0 Å². The van der Waals surface area contributed by atoms with E-state index in [-0.39, 0.29) is 10.9 Å². The van der Waals surface area contributed by atoms with Crippen molar-refractivity contribution >= 4 is 27.3 Å². The number of rotatable bonds is 4. The maximum Gasteiger partial charge on any atom is 0.238 e. The molecule has 0 saturated heterocycles. The Morgan fingerprint density at radius 1 is 1.19 bits per heavy atom. The van der Waals surface area contributed by atoms with Crippen LogP contribution in [0.2, 0.25) is 5.02 Å². The first-order chi connectivity index (χ1) is 9.79. The van der Waals surface area contributed by atoms with E-state index in [1.165, 1.54) is 6.07 Å². The Labute approximate surface area is 130 Å². The van der Waals surface area contributed by atoms with Gasteiger partial charge < -0.3 is 5.32 Å². The summed E-state index contributed by atoms with van der Waals surface area (Å²) >= 11 is 6.16. The van der Waals surface area contributed by atoms with E-state index in [2.05, 4.69) is 5.32 Å². The molecule has 2 aromatic rings. The Kier molecular flexibility index (Phi) is 4.56. The summed E-state index contributed by atoms with van der Waals surface area (Å²) in [6, 6.07) is 12.5. The van der Waals surface area contributed by atoms with Gasteiger partial charge in [-0.25, -0.2) is 13.6 Å². The van der Waals surface area contributed by atoms with Gasteiger partial charge >= 0.3 is 0 Å². The SMILES string of the molecule is Cc1ccc(NC(C)c2ccccc2Cl)cc1S(N)(=O)=O. The van der Waals surface area contributed by atoms with Gasteiger partial charge in [0.15, 0.2) is 0 Å². The fraction of sp³-hybridized carbons (Fsp3) is 0.200. The van der Waals surface area contributed by atoms with Crippen LogP contribution in [0.5, 0.6) is 0 Å². The van der Waals surface area contributed by atoms with Crippen molar-refractivity contribution in [1.82, 2.24) is 0 Å². The molecule has 4 nitrogen and oxygen atoms in total. The highest BCUT2D eigenvalue weighted by atomic mass is 35.5. The summed E-state index contributed by atoms with van der Waals surface area (Å²) in [6.45, 7) is 3.67. The number of sulfonamides is 1. The molecule has 1 unspecified atom stereocenters. The van der Waals surface area contributed by atoms with Crippen molar-refractivity contribution in [2.75, 3.05) is 5.32 Å². The molecule has 0 aliphatic rings. The van der Waals surface area contributed by atoms with Gasteiger partial charge in [-0.2, -0.15) is 0 Å². The first-order valence-corrected chi connectivity index (χ1v) is 8.36. The van der Waals surface area contributed by atoms with Crippen LogP contribution in [0.3, 0.4) is 0 Å². The smallest absolute Gasteiger partial charge is 0.238 e. The molecule has 6 heteroatoms. The molecule has 0 bridgehead atoms. The van der Waals surface area contributed by atoms with E-state index < -0.39 is 10.0 Å². The molecule has 112 valence electrons. The minimum Gasteiger partial charge on any atom is -0.378 e. The van der Waals surface area contributed by atoms with Crippen molar-refractivity contribution < 1.29 is 8.42 Å². The number of hydrogen-bond acceptors (Lipinski definition) is 3. The zero-order chi connectivity index (χ0) is 15.6. The molecule has 0 aromatic heterocycles. The van der Waals surface area contributed by atoms with Gasteiger partial charge in [0.2, 0.25) is 10.0 Å². The molecule has 1 atom stereocenters. The van der Waals surface area contributed by atoms with Crippen molar-refractivity contribution in [2.45, 2.75) is 24.8 Å². The highest BCUT2D eigenvalue weighted by Gasteiger charge is 2.14. The highest BCUT2D eigenvalue weighted by Crippen LogP contribution is 2.27. The molecule has 2 aromatic carbocycles. The third-order valence-corrected chi connectivity index (χ3v) is 4.65. The summed E-state index contributed by atoms with van der Waals surface area (Å²) in [5.41, 5.74) is 2.24. The Hall–Kier alpha value is -1.56. The largest absolute Gasteiger partial charge is 0.378 e. The number of halogens is 1. The van der Waals surface area contributed by atoms with Gasteiger partial charge in [-0.1, -0.05) is 35.9 Å². The second-order valence-electron chi connectivity index (χ2n) is 4.91. The topological polar surface area (TPSA) is 72.2 Å². The predicted octanol–water partition coefficient (Wildman–Crippen LogP) is 3.47. The number of hydrogen-bond donors (Lipinski definition) is 2. The van der Waals surface area contributed by atoms with Crippen LogP contribution in [0.1, 0.15) is 24.1 Å². The lowest BCUT2D eigenvalue weighted by atomic mass is 10.1. The number of aryl methyl sites for hydroxylation is 1. The Morgan fingerprint density at radius 3 is 2.48 bits per heavy atom. The fourth-order valence-electron chi connectivity index (χ4n) is 2.15. The van der Waals surface area contributed by atoms with Crippen LogP contribution in [0.25, 0.3) is 0 Å². The van der Waals surface area contributed by atoms with Crippen LogP contribution in [0.4, 0.5) is 5.69 Å². The van der Waals surface area contributed by atoms with E-state index in [1.807, 2.05) is 37.3 Å². The molecular weight excluding hydrogens is 308 g/mol. The van der Waals surface area contributed by atoms with Gasteiger partial charge in [-0.05, 0) is 43.2 Å². The maximum absolute atomic E-state index is 11.5. The monoisotopic (exact) mass is 324 g/mol. The second kappa shape index (κ2) is 6.05. The van der Waals surface area contributed by atoms with Gasteiger partial charge in [0.25, 0.3) is 0 Å². The third kappa shape index (κ3) is 3.75. The highest BCUT2D eigenvalue weighted by molar-refractivity contribution is 7.89. The lowest BCUT2D eigenvalue weighted by Gasteiger charge is -2.18. The van der Waals surface area contributed by atoms with E-state index in [4.69, 9.17) is 16.7 Å². The summed E-state index contributed by atoms with van der Waals surface area (Å²) in [5.74, 6) is 0. The molecule has 0 spiro atoms. The predicted molar refractivity (Wildman–Crippen MR) is 86.0 cm³/mol. The van der Waals surface area contributed by atoms with E-state index >= 15 is 0 Å². The molecule has 2 rings (SSSR count). The van der Waals surface area contributed by atoms with E-state index in [9.17, 15) is 8.42 Å². The minimum absolute atomic E-state index is 0.0604. The zero-order valence-electron chi connectivity index (χ0n) is 11.8. The van der Waals surface area contributed by atoms with Crippen LogP contribution >= 0.6 is 11.6 Å². The molecular formula is C15H17ClN2O2S. The van der Waals surface area contributed by atoms with Gasteiger partial charge in [-0.15, -0.1) is 0 Å². The van der Waals surface area contributed by atoms with Crippen molar-refractivity contribution in [3.05, 3.63) is 58.6 Å². The molecule has 0 aliphatic heterocycles. The molecule has 0 radical (unpaired) electrons. The molecule has 0 fully saturated rings. The Balaban J connectivity index is 2.31. The zero-order valence-corrected chi connectivity index (χ0v) is 13.4. The summed E-state index contributed by atoms with van der Waals surface area (Å²) in [7, 11) is -3.73. The number of nitrogens with two attached hydrogens (primary N) is 1. The van der Waals surface area contributed by atoms with Crippen LogP contribution in [0.15, 0.2) is 47.4 Å². The lowest BCUT2D eigenvalue weighted by molar-refractivity contribution is 0.597. The van der Waals surface area contributed by atoms with Crippen molar-refractivity contribution in [1.29, 1.82) is 0 Å². The summed E-state index contributed by atoms with van der Waals surface area (Å²) in [5, 5.41) is 9.11. The molecule has 0 heterocycles. The van der Waals surface area contributed by atoms with Crippen LogP contribution in [-0.4, -0.2) is 8.42 Å². The average Bonchev–Trinajstić information content (AvgIpc) is 2.40. The Morgan fingerprint density at radius 2 is 1.86 bits per heavy atom. The number of primary sulfonamides is 1. The van der Waals surface area contributed by atoms with Crippen molar-refractivity contribution in [2.24, 2.45) is 5.14 Å². The first-order valence-electron chi connectivity index (χ1n) is 6.43. The molecule has 0 amide bonds. The number of benzene rings is 2. The number of nitrogens with one attached hydrogen (secondary N) is 1. The van der Waals surface area contributed by atoms with E-state index in [0.717, 1.165) is 5.56 Å². The van der Waals surface area contributed by atoms with E-state index in [1.54, 1.807) is 13.0 Å². The summed E-state index contributed by atoms with van der Waals surface area (Å²) in [6.07, 6.45) is 0. The van der Waals surface area contributed by atoms with Crippen molar-refractivity contribution in [3.8, 4) is 0 Å². The molecule has 0 saturated carbocycles. The minimum atomic E-state index is -3.73. The maximum atomic E-state index is 11.5. The van der Waals surface area contributed by atoms with Crippen LogP contribution in [0, 0.1) is 6.92 Å². The first kappa shape index (κ1) is 15.8. The number of anilines is 1. The lowest BCUT2D eigenvalue weighted by Crippen LogP contribution is -2.14. The van der Waals surface area contributed by atoms with Gasteiger partial charge in [0, 0.05) is 16.8 Å². The molecule has 0 aliphatic carbocycles. The van der Waals surface area contributed by atoms with Gasteiger partial charge in [0.05, 0.1) is 4.90 Å². The normalized spacial score (nSPS) is 13.0. The quantitative estimate of drug-likeness (QED) is 0.904. The van der Waals surface area contributed by atoms with E-state index in [0.29, 0.717) is 16.3 Å². The summed E-state index contributed by atoms with van der Waals surface area (Å²) in [4.78, 5) is 0.124. The summed E-state index contributed by atoms with van der Waals surface area (Å²) < 4.78 is 23.1. The Bertz CT molecular complexity index is 760. The standard InChI is InChI=1S/C15H17ClN2O2S/c1-10-7-8-12(9-15(10)21(17,19)20)18-11(2)13-5-3-4-6-14(13)16/h3-9,11,18H,1-2H3,(H2,17,19,20). The van der Waals surface area contributed by atoms with Gasteiger partial charge in [0.1, 0.15) is 0 Å². The molecule has 3 N–H and O–H groups in total. The molecule has 21 heavy (non-hydrogen) atoms. The van der Waals surface area contributed by atoms with Crippen molar-refractivity contribution in [3.63, 3.8) is 0 Å². The fourth-order valence-corrected chi connectivity index (χ4v) is 3.26.